The summed E-state index contributed by atoms with van der Waals surface area (Å²) in [4.78, 5) is 6.76. The Morgan fingerprint density at radius 3 is 2.46 bits per heavy atom. The molecule has 0 aromatic carbocycles. The van der Waals surface area contributed by atoms with E-state index in [0.29, 0.717) is 34.7 Å². The average molecular weight is 396 g/mol. The quantitative estimate of drug-likeness (QED) is 0.659. The molecule has 0 radical (unpaired) electrons. The molecule has 28 heavy (non-hydrogen) atoms. The maximum Gasteiger partial charge on any atom is 0.151 e. The van der Waals surface area contributed by atoms with Crippen LogP contribution in [0.1, 0.15) is 25.7 Å². The zero-order chi connectivity index (χ0) is 19.1. The number of hydrogen-bond donors (Lipinski definition) is 2. The van der Waals surface area contributed by atoms with Crippen LogP contribution in [0.5, 0.6) is 0 Å². The van der Waals surface area contributed by atoms with Crippen LogP contribution in [0.4, 0.5) is 5.82 Å². The van der Waals surface area contributed by atoms with E-state index in [4.69, 9.17) is 11.6 Å². The third kappa shape index (κ3) is 3.25. The largest absolute Gasteiger partial charge is 0.355 e. The first-order chi connectivity index (χ1) is 13.7. The normalized spacial score (nSPS) is 23.7. The van der Waals surface area contributed by atoms with E-state index in [9.17, 15) is 0 Å². The first-order valence-corrected chi connectivity index (χ1v) is 10.0. The lowest BCUT2D eigenvalue weighted by Crippen LogP contribution is -2.47. The summed E-state index contributed by atoms with van der Waals surface area (Å²) in [6.07, 6.45) is 8.44. The number of fused-ring (bicyclic) bond motifs is 2. The van der Waals surface area contributed by atoms with Gasteiger partial charge in [0.1, 0.15) is 10.8 Å². The number of nitrogens with zero attached hydrogens (tertiary/aromatic N) is 5. The van der Waals surface area contributed by atoms with Crippen LogP contribution in [0, 0.1) is 0 Å². The van der Waals surface area contributed by atoms with Crippen molar-refractivity contribution in [2.24, 2.45) is 0 Å². The molecule has 144 valence electrons. The number of halogens is 1. The molecule has 0 aliphatic carbocycles. The number of aromatic amines is 1. The number of piperidine rings is 1. The van der Waals surface area contributed by atoms with E-state index in [1.165, 1.54) is 25.7 Å². The van der Waals surface area contributed by atoms with Crippen molar-refractivity contribution in [2.75, 3.05) is 11.9 Å². The predicted octanol–water partition coefficient (Wildman–Crippen LogP) is 3.30. The first-order valence-electron chi connectivity index (χ1n) is 9.66. The van der Waals surface area contributed by atoms with Crippen LogP contribution < -0.4 is 10.2 Å². The molecule has 3 aromatic heterocycles. The summed E-state index contributed by atoms with van der Waals surface area (Å²) in [5.41, 5.74) is 3.16. The number of nitrogens with one attached hydrogen (secondary N) is 2. The third-order valence-corrected chi connectivity index (χ3v) is 6.22. The molecule has 8 heteroatoms. The van der Waals surface area contributed by atoms with E-state index in [1.807, 2.05) is 24.3 Å². The Morgan fingerprint density at radius 1 is 1.04 bits per heavy atom. The number of anilines is 1. The maximum absolute atomic E-state index is 6.37. The summed E-state index contributed by atoms with van der Waals surface area (Å²) in [6.45, 7) is 0. The van der Waals surface area contributed by atoms with Gasteiger partial charge >= 0.3 is 0 Å². The maximum atomic E-state index is 6.37. The van der Waals surface area contributed by atoms with Gasteiger partial charge in [-0.15, -0.1) is 10.2 Å². The van der Waals surface area contributed by atoms with Gasteiger partial charge in [-0.2, -0.15) is 5.10 Å². The molecule has 0 spiro atoms. The minimum atomic E-state index is 0.423. The molecule has 2 fully saturated rings. The van der Waals surface area contributed by atoms with Crippen molar-refractivity contribution < 1.29 is 0 Å². The Bertz CT molecular complexity index is 945. The van der Waals surface area contributed by atoms with Crippen LogP contribution in [0.25, 0.3) is 22.5 Å². The average Bonchev–Trinajstić information content (AvgIpc) is 3.37. The van der Waals surface area contributed by atoms with Gasteiger partial charge in [-0.25, -0.2) is 4.98 Å². The van der Waals surface area contributed by atoms with E-state index >= 15 is 0 Å². The molecule has 2 N–H and O–H groups in total. The summed E-state index contributed by atoms with van der Waals surface area (Å²) in [5, 5.41) is 19.7. The molecule has 0 amide bonds. The summed E-state index contributed by atoms with van der Waals surface area (Å²) in [6, 6.07) is 9.64. The summed E-state index contributed by atoms with van der Waals surface area (Å²) in [7, 11) is 2.12. The Hall–Kier alpha value is -2.51. The third-order valence-electron chi connectivity index (χ3n) is 5.93. The van der Waals surface area contributed by atoms with Crippen LogP contribution in [0.15, 0.2) is 36.7 Å². The van der Waals surface area contributed by atoms with Gasteiger partial charge in [0.25, 0.3) is 0 Å². The Labute approximate surface area is 168 Å². The number of aromatic nitrogens is 5. The van der Waals surface area contributed by atoms with Crippen molar-refractivity contribution >= 4 is 17.4 Å². The lowest BCUT2D eigenvalue weighted by atomic mass is 9.98. The molecular weight excluding hydrogens is 374 g/mol. The monoisotopic (exact) mass is 395 g/mol. The number of H-pyrrole nitrogens is 1. The zero-order valence-corrected chi connectivity index (χ0v) is 16.4. The lowest BCUT2D eigenvalue weighted by molar-refractivity contribution is 0.353. The molecule has 2 aliphatic rings. The predicted molar refractivity (Wildman–Crippen MR) is 109 cm³/mol. The van der Waals surface area contributed by atoms with Gasteiger partial charge in [-0.05, 0) is 49.9 Å². The van der Waals surface area contributed by atoms with E-state index < -0.39 is 0 Å². The van der Waals surface area contributed by atoms with Gasteiger partial charge in [0.05, 0.1) is 11.9 Å². The Balaban J connectivity index is 1.34. The minimum Gasteiger partial charge on any atom is -0.355 e. The van der Waals surface area contributed by atoms with Crippen molar-refractivity contribution in [1.29, 1.82) is 0 Å². The van der Waals surface area contributed by atoms with Crippen molar-refractivity contribution in [3.05, 3.63) is 41.8 Å². The summed E-state index contributed by atoms with van der Waals surface area (Å²) < 4.78 is 0. The smallest absolute Gasteiger partial charge is 0.151 e. The molecule has 2 aliphatic heterocycles. The fourth-order valence-corrected chi connectivity index (χ4v) is 4.63. The molecule has 2 bridgehead atoms. The van der Waals surface area contributed by atoms with Crippen LogP contribution in [0.2, 0.25) is 5.15 Å². The van der Waals surface area contributed by atoms with Crippen LogP contribution in [0.3, 0.4) is 0 Å². The highest BCUT2D eigenvalue weighted by Gasteiger charge is 2.35. The van der Waals surface area contributed by atoms with Crippen molar-refractivity contribution in [1.82, 2.24) is 30.7 Å². The van der Waals surface area contributed by atoms with Gasteiger partial charge < -0.3 is 10.2 Å². The lowest BCUT2D eigenvalue weighted by Gasteiger charge is -2.36. The molecular formula is C20H22ClN7. The molecule has 7 nitrogen and oxygen atoms in total. The fraction of sp³-hybridized carbons (Fsp3) is 0.400. The summed E-state index contributed by atoms with van der Waals surface area (Å²) >= 11 is 6.37. The summed E-state index contributed by atoms with van der Waals surface area (Å²) in [5.74, 6) is 0.899. The number of pyridine rings is 1. The number of hydrogen-bond acceptors (Lipinski definition) is 6. The molecule has 3 aromatic rings. The second kappa shape index (κ2) is 7.14. The van der Waals surface area contributed by atoms with E-state index in [-0.39, 0.29) is 0 Å². The molecule has 0 unspecified atom stereocenters. The molecule has 0 saturated carbocycles. The van der Waals surface area contributed by atoms with Gasteiger partial charge in [0.15, 0.2) is 5.82 Å². The van der Waals surface area contributed by atoms with E-state index in [2.05, 4.69) is 42.6 Å². The van der Waals surface area contributed by atoms with Crippen LogP contribution in [-0.2, 0) is 0 Å². The fourth-order valence-electron chi connectivity index (χ4n) is 4.37. The van der Waals surface area contributed by atoms with E-state index in [1.54, 1.807) is 12.4 Å². The molecule has 5 heterocycles. The zero-order valence-electron chi connectivity index (χ0n) is 15.6. The Morgan fingerprint density at radius 2 is 1.82 bits per heavy atom. The van der Waals surface area contributed by atoms with Crippen molar-refractivity contribution in [3.8, 4) is 22.5 Å². The highest BCUT2D eigenvalue weighted by atomic mass is 35.5. The van der Waals surface area contributed by atoms with Crippen LogP contribution in [-0.4, -0.2) is 50.6 Å². The second-order valence-corrected chi connectivity index (χ2v) is 8.03. The van der Waals surface area contributed by atoms with Gasteiger partial charge in [-0.1, -0.05) is 11.6 Å². The second-order valence-electron chi connectivity index (χ2n) is 7.67. The van der Waals surface area contributed by atoms with Crippen molar-refractivity contribution in [2.45, 2.75) is 43.8 Å². The molecule has 3 atom stereocenters. The topological polar surface area (TPSA) is 82.6 Å². The van der Waals surface area contributed by atoms with Crippen molar-refractivity contribution in [3.63, 3.8) is 0 Å². The van der Waals surface area contributed by atoms with E-state index in [0.717, 1.165) is 16.9 Å². The Kier molecular flexibility index (Phi) is 4.49. The van der Waals surface area contributed by atoms with Gasteiger partial charge in [0, 0.05) is 42.5 Å². The van der Waals surface area contributed by atoms with Crippen LogP contribution >= 0.6 is 11.6 Å². The minimum absolute atomic E-state index is 0.423. The highest BCUT2D eigenvalue weighted by molar-refractivity contribution is 6.32. The number of rotatable bonds is 4. The SMILES string of the molecule is CN(c1ccc(-c2ccc(-c3cn[nH]c3)c(Cl)n2)nn1)[C@@H]1C[C@H]2CC[C@@H](C1)N2. The standard InChI is InChI=1S/C20H22ClN7/c1-28(15-8-13-2-3-14(9-15)24-13)19-7-6-18(26-27-19)17-5-4-16(20(21)25-17)12-10-22-23-11-12/h4-7,10-11,13-15,24H,2-3,8-9H2,1H3,(H,22,23)/t13-,14+,15-. The van der Waals surface area contributed by atoms with Gasteiger partial charge in [0.2, 0.25) is 0 Å². The first kappa shape index (κ1) is 17.6. The van der Waals surface area contributed by atoms with Gasteiger partial charge in [-0.3, -0.25) is 5.10 Å². The molecule has 5 rings (SSSR count). The highest BCUT2D eigenvalue weighted by Crippen LogP contribution is 2.31. The molecule has 2 saturated heterocycles.